The summed E-state index contributed by atoms with van der Waals surface area (Å²) in [5.74, 6) is -0.393. The molecule has 7 aromatic rings. The van der Waals surface area contributed by atoms with Gasteiger partial charge in [0.15, 0.2) is 10.8 Å². The number of amides is 3. The van der Waals surface area contributed by atoms with Crippen LogP contribution in [0.1, 0.15) is 80.4 Å². The highest BCUT2D eigenvalue weighted by atomic mass is 32.1. The van der Waals surface area contributed by atoms with Crippen molar-refractivity contribution < 1.29 is 29.0 Å². The van der Waals surface area contributed by atoms with E-state index in [4.69, 9.17) is 9.84 Å². The van der Waals surface area contributed by atoms with Crippen LogP contribution in [0, 0.1) is 5.92 Å². The SMILES string of the molecule is Cn1nc(C2CCC(=O)NC2=O)c2ccc(N3CCN(CCN4CCC(Cc5ccc(OCc6ccc(N7CCc8cccc(C(=O)Nc9nc%10ccccc%10s9)c8C7)nc6C(=O)O)cc5)CC4)CC3)cc21. The first kappa shape index (κ1) is 47.1. The Morgan fingerprint density at radius 3 is 2.39 bits per heavy atom. The molecule has 0 bridgehead atoms. The maximum Gasteiger partial charge on any atom is 0.354 e. The average Bonchev–Trinajstić information content (AvgIpc) is 3.97. The number of likely N-dealkylation sites (tertiary alicyclic amines) is 1. The number of nitrogens with one attached hydrogen (secondary N) is 2. The van der Waals surface area contributed by atoms with E-state index in [-0.39, 0.29) is 30.0 Å². The van der Waals surface area contributed by atoms with Crippen LogP contribution in [-0.4, -0.2) is 117 Å². The largest absolute Gasteiger partial charge is 0.489 e. The number of anilines is 3. The third-order valence-corrected chi connectivity index (χ3v) is 15.9. The van der Waals surface area contributed by atoms with Crippen LogP contribution in [0.2, 0.25) is 0 Å². The van der Waals surface area contributed by atoms with Gasteiger partial charge < -0.3 is 24.5 Å². The minimum atomic E-state index is -1.12. The number of aromatic carboxylic acids is 1. The summed E-state index contributed by atoms with van der Waals surface area (Å²) >= 11 is 1.43. The van der Waals surface area contributed by atoms with Gasteiger partial charge in [0.25, 0.3) is 5.91 Å². The highest BCUT2D eigenvalue weighted by Crippen LogP contribution is 2.34. The third kappa shape index (κ3) is 10.1. The number of para-hydroxylation sites is 1. The number of carboxylic acid groups (broad SMARTS) is 1. The highest BCUT2D eigenvalue weighted by Gasteiger charge is 2.32. The topological polar surface area (TPSA) is 178 Å². The number of benzene rings is 4. The summed E-state index contributed by atoms with van der Waals surface area (Å²) in [6.45, 7) is 9.40. The molecule has 0 spiro atoms. The van der Waals surface area contributed by atoms with Gasteiger partial charge in [0.1, 0.15) is 18.2 Å². The second-order valence-electron chi connectivity index (χ2n) is 19.5. The number of nitrogens with zero attached hydrogens (tertiary/aromatic N) is 8. The molecule has 11 rings (SSSR count). The molecule has 17 heteroatoms. The molecule has 4 aromatic carbocycles. The van der Waals surface area contributed by atoms with Gasteiger partial charge >= 0.3 is 5.97 Å². The number of fused-ring (bicyclic) bond motifs is 3. The predicted octanol–water partition coefficient (Wildman–Crippen LogP) is 7.27. The van der Waals surface area contributed by atoms with Gasteiger partial charge in [-0.05, 0) is 128 Å². The van der Waals surface area contributed by atoms with E-state index in [0.717, 1.165) is 96.7 Å². The Balaban J connectivity index is 0.622. The van der Waals surface area contributed by atoms with E-state index in [1.165, 1.54) is 35.4 Å². The van der Waals surface area contributed by atoms with Gasteiger partial charge in [-0.3, -0.25) is 34.6 Å². The zero-order valence-corrected chi connectivity index (χ0v) is 41.2. The van der Waals surface area contributed by atoms with Crippen molar-refractivity contribution in [3.8, 4) is 5.75 Å². The number of piperidine rings is 2. The van der Waals surface area contributed by atoms with Crippen LogP contribution in [0.5, 0.6) is 5.75 Å². The highest BCUT2D eigenvalue weighted by molar-refractivity contribution is 7.22. The molecule has 7 heterocycles. The molecule has 3 N–H and O–H groups in total. The third-order valence-electron chi connectivity index (χ3n) is 15.0. The zero-order valence-electron chi connectivity index (χ0n) is 40.4. The van der Waals surface area contributed by atoms with Crippen molar-refractivity contribution in [2.24, 2.45) is 13.0 Å². The minimum absolute atomic E-state index is 0.0496. The van der Waals surface area contributed by atoms with Crippen LogP contribution in [0.4, 0.5) is 16.6 Å². The molecule has 0 saturated carbocycles. The van der Waals surface area contributed by atoms with Crippen LogP contribution in [0.15, 0.2) is 97.1 Å². The fraction of sp³-hybridized carbons (Fsp3) is 0.364. The molecule has 3 fully saturated rings. The van der Waals surface area contributed by atoms with E-state index in [1.807, 2.05) is 77.3 Å². The van der Waals surface area contributed by atoms with Crippen molar-refractivity contribution in [1.29, 1.82) is 0 Å². The molecule has 4 aliphatic heterocycles. The number of thiazole rings is 1. The summed E-state index contributed by atoms with van der Waals surface area (Å²) < 4.78 is 8.99. The fourth-order valence-electron chi connectivity index (χ4n) is 10.9. The smallest absolute Gasteiger partial charge is 0.354 e. The predicted molar refractivity (Wildman–Crippen MR) is 278 cm³/mol. The van der Waals surface area contributed by atoms with Gasteiger partial charge in [-0.15, -0.1) is 0 Å². The van der Waals surface area contributed by atoms with Crippen LogP contribution in [0.3, 0.4) is 0 Å². The Hall–Kier alpha value is -7.21. The lowest BCUT2D eigenvalue weighted by molar-refractivity contribution is -0.134. The van der Waals surface area contributed by atoms with E-state index in [1.54, 1.807) is 6.07 Å². The van der Waals surface area contributed by atoms with E-state index < -0.39 is 11.9 Å². The molecule has 3 aromatic heterocycles. The lowest BCUT2D eigenvalue weighted by Gasteiger charge is -2.38. The van der Waals surface area contributed by atoms with E-state index in [0.29, 0.717) is 66.1 Å². The molecule has 1 unspecified atom stereocenters. The monoisotopic (exact) mass is 986 g/mol. The Morgan fingerprint density at radius 1 is 0.819 bits per heavy atom. The van der Waals surface area contributed by atoms with Crippen LogP contribution in [-0.2, 0) is 42.6 Å². The number of pyridine rings is 1. The number of hydrogen-bond donors (Lipinski definition) is 3. The second-order valence-corrected chi connectivity index (χ2v) is 20.5. The first-order valence-electron chi connectivity index (χ1n) is 25.1. The number of aromatic nitrogens is 4. The number of carboxylic acids is 1. The molecule has 3 amide bonds. The lowest BCUT2D eigenvalue weighted by Crippen LogP contribution is -2.49. The number of imide groups is 1. The number of carbonyl (C=O) groups excluding carboxylic acids is 3. The molecular weight excluding hydrogens is 929 g/mol. The molecule has 0 radical (unpaired) electrons. The van der Waals surface area contributed by atoms with Crippen molar-refractivity contribution in [2.45, 2.75) is 57.6 Å². The van der Waals surface area contributed by atoms with Gasteiger partial charge in [-0.2, -0.15) is 5.10 Å². The van der Waals surface area contributed by atoms with Gasteiger partial charge in [0, 0.05) is 88.0 Å². The van der Waals surface area contributed by atoms with Gasteiger partial charge in [-0.1, -0.05) is 47.7 Å². The fourth-order valence-corrected chi connectivity index (χ4v) is 11.7. The normalized spacial score (nSPS) is 18.1. The van der Waals surface area contributed by atoms with Crippen molar-refractivity contribution >= 4 is 72.8 Å². The summed E-state index contributed by atoms with van der Waals surface area (Å²) in [6.07, 6.45) is 4.87. The van der Waals surface area contributed by atoms with Crippen LogP contribution in [0.25, 0.3) is 21.1 Å². The molecule has 370 valence electrons. The van der Waals surface area contributed by atoms with E-state index in [2.05, 4.69) is 65.6 Å². The number of aryl methyl sites for hydroxylation is 1. The molecular formula is C55H58N10O6S. The lowest BCUT2D eigenvalue weighted by atomic mass is 9.90. The first-order valence-corrected chi connectivity index (χ1v) is 25.9. The maximum absolute atomic E-state index is 13.6. The average molecular weight is 987 g/mol. The van der Waals surface area contributed by atoms with Crippen molar-refractivity contribution in [1.82, 2.24) is 34.9 Å². The molecule has 16 nitrogen and oxygen atoms in total. The quantitative estimate of drug-likeness (QED) is 0.0929. The summed E-state index contributed by atoms with van der Waals surface area (Å²) in [6, 6.07) is 31.8. The minimum Gasteiger partial charge on any atom is -0.489 e. The van der Waals surface area contributed by atoms with Gasteiger partial charge in [0.05, 0.1) is 27.3 Å². The van der Waals surface area contributed by atoms with Gasteiger partial charge in [0.2, 0.25) is 11.8 Å². The second kappa shape index (κ2) is 20.5. The number of ether oxygens (including phenoxy) is 1. The molecule has 72 heavy (non-hydrogen) atoms. The summed E-state index contributed by atoms with van der Waals surface area (Å²) in [4.78, 5) is 69.3. The summed E-state index contributed by atoms with van der Waals surface area (Å²) in [5, 5.41) is 21.9. The number of carbonyl (C=O) groups is 4. The van der Waals surface area contributed by atoms with E-state index in [9.17, 15) is 24.3 Å². The molecule has 1 atom stereocenters. The number of piperazine rings is 1. The Bertz CT molecular complexity index is 3140. The zero-order chi connectivity index (χ0) is 49.3. The van der Waals surface area contributed by atoms with Crippen LogP contribution >= 0.6 is 11.3 Å². The Labute approximate surface area is 421 Å². The van der Waals surface area contributed by atoms with Crippen molar-refractivity contribution in [2.75, 3.05) is 74.0 Å². The van der Waals surface area contributed by atoms with Crippen LogP contribution < -0.4 is 25.2 Å². The number of rotatable bonds is 14. The molecule has 0 aliphatic carbocycles. The van der Waals surface area contributed by atoms with E-state index >= 15 is 0 Å². The van der Waals surface area contributed by atoms with Crippen molar-refractivity contribution in [3.63, 3.8) is 0 Å². The summed E-state index contributed by atoms with van der Waals surface area (Å²) in [7, 11) is 1.92. The number of hydrogen-bond acceptors (Lipinski definition) is 13. The maximum atomic E-state index is 13.6. The van der Waals surface area contributed by atoms with Gasteiger partial charge in [-0.25, -0.2) is 14.8 Å². The summed E-state index contributed by atoms with van der Waals surface area (Å²) in [5.41, 5.74) is 8.00. The Morgan fingerprint density at radius 2 is 1.61 bits per heavy atom. The Kier molecular flexibility index (Phi) is 13.4. The van der Waals surface area contributed by atoms with Crippen molar-refractivity contribution in [3.05, 3.63) is 136 Å². The molecule has 4 aliphatic rings. The first-order chi connectivity index (χ1) is 35.1. The molecule has 3 saturated heterocycles. The standard InChI is InChI=1S/C55H58N10O6S/c1-61-46-32-39(12-15-42(46)51(60-61)43-16-18-49(66)58-53(43)68)64-29-27-63(28-30-64)26-25-62-22-19-36(20-23-62)31-35-9-13-40(14-10-35)71-34-38-11-17-48(57-50(38)54(69)70)65-24-21-37-5-4-6-41(44(37)33-65)52(67)59-55-56-45-7-2-3-8-47(45)72-55/h2-15,17,32,36,43H,16,18-31,33-34H2,1H3,(H,69,70)(H,56,59,67)(H,58,66,68).